The lowest BCUT2D eigenvalue weighted by atomic mass is 9.86. The van der Waals surface area contributed by atoms with Crippen LogP contribution in [0.5, 0.6) is 0 Å². The number of fused-ring (bicyclic) bond motifs is 4. The smallest absolute Gasteiger partial charge is 0.293 e. The Kier molecular flexibility index (Phi) is 18.2. The molecule has 10 rings (SSSR count). The average Bonchev–Trinajstić information content (AvgIpc) is 1.54. The predicted octanol–water partition coefficient (Wildman–Crippen LogP) is 11.7. The van der Waals surface area contributed by atoms with Crippen molar-refractivity contribution in [3.8, 4) is 47.7 Å². The second kappa shape index (κ2) is 24.7. The Bertz CT molecular complexity index is 4010. The van der Waals surface area contributed by atoms with Gasteiger partial charge in [0.15, 0.2) is 15.6 Å². The summed E-state index contributed by atoms with van der Waals surface area (Å²) in [6.07, 6.45) is 18.5. The Labute approximate surface area is 490 Å². The van der Waals surface area contributed by atoms with Crippen LogP contribution < -0.4 is 0 Å². The molecule has 0 saturated heterocycles. The monoisotopic (exact) mass is 1200 g/mol. The molecule has 0 unspecified atom stereocenters. The van der Waals surface area contributed by atoms with Gasteiger partial charge in [-0.05, 0) is 102 Å². The zero-order chi connectivity index (χ0) is 62.7. The molecule has 14 nitrogen and oxygen atoms in total. The first-order valence-electron chi connectivity index (χ1n) is 26.9. The molecule has 6 heterocycles. The van der Waals surface area contributed by atoms with E-state index in [4.69, 9.17) is 30.8 Å². The Morgan fingerprint density at radius 2 is 1.49 bits per heavy atom. The van der Waals surface area contributed by atoms with Crippen molar-refractivity contribution in [2.45, 2.75) is 114 Å². The van der Waals surface area contributed by atoms with Gasteiger partial charge in [0.05, 0.1) is 52.4 Å². The van der Waals surface area contributed by atoms with Crippen LogP contribution in [-0.4, -0.2) is 81.2 Å². The number of carbonyl (C=O) groups excluding carboxylic acids is 1. The van der Waals surface area contributed by atoms with Gasteiger partial charge in [0.2, 0.25) is 0 Å². The quantitative estimate of drug-likeness (QED) is 0.0824. The number of pyridine rings is 1. The maximum atomic E-state index is 15.5. The van der Waals surface area contributed by atoms with Gasteiger partial charge in [0.1, 0.15) is 52.7 Å². The molecule has 0 aliphatic heterocycles. The van der Waals surface area contributed by atoms with Crippen LogP contribution in [0.15, 0.2) is 79.6 Å². The van der Waals surface area contributed by atoms with Crippen LogP contribution in [0, 0.1) is 54.1 Å². The molecule has 6 aromatic heterocycles. The van der Waals surface area contributed by atoms with Crippen LogP contribution in [0.4, 0.5) is 30.7 Å². The zero-order valence-corrected chi connectivity index (χ0v) is 49.4. The number of aryl methyl sites for hydroxylation is 3. The number of hydrogen-bond acceptors (Lipinski definition) is 9. The van der Waals surface area contributed by atoms with E-state index < -0.39 is 100 Å². The number of alkyl halides is 5. The van der Waals surface area contributed by atoms with Crippen molar-refractivity contribution in [2.75, 3.05) is 13.4 Å². The lowest BCUT2D eigenvalue weighted by Gasteiger charge is -2.22. The number of carbonyl (C=O) groups is 1. The summed E-state index contributed by atoms with van der Waals surface area (Å²) in [5.74, 6) is 4.80. The summed E-state index contributed by atoms with van der Waals surface area (Å²) in [7, 11) is 0.806. The largest absolute Gasteiger partial charge is 0.347 e. The van der Waals surface area contributed by atoms with Gasteiger partial charge >= 0.3 is 0 Å². The van der Waals surface area contributed by atoms with Crippen LogP contribution in [0.1, 0.15) is 131 Å². The van der Waals surface area contributed by atoms with Gasteiger partial charge in [-0.1, -0.05) is 35.4 Å². The molecule has 0 radical (unpaired) electrons. The second-order valence-electron chi connectivity index (χ2n) is 22.3. The summed E-state index contributed by atoms with van der Waals surface area (Å²) in [6, 6.07) is 9.45. The minimum Gasteiger partial charge on any atom is -0.347 e. The zero-order valence-electron chi connectivity index (χ0n) is 48.8. The number of aromatic amines is 1. The normalized spacial score (nSPS) is 15.6. The molecule has 84 heavy (non-hydrogen) atoms. The van der Waals surface area contributed by atoms with Crippen molar-refractivity contribution >= 4 is 38.1 Å². The fraction of sp³-hybridized carbons (Fsp3) is 0.393. The highest BCUT2D eigenvalue weighted by atomic mass is 35.5. The van der Waals surface area contributed by atoms with E-state index in [0.717, 1.165) is 30.0 Å². The molecule has 2 aliphatic carbocycles. The summed E-state index contributed by atoms with van der Waals surface area (Å²) in [5.41, 5.74) is -0.967. The van der Waals surface area contributed by atoms with Gasteiger partial charge in [-0.25, -0.2) is 45.9 Å². The van der Waals surface area contributed by atoms with Gasteiger partial charge in [-0.2, -0.15) is 19.0 Å². The van der Waals surface area contributed by atoms with Crippen molar-refractivity contribution in [1.82, 2.24) is 53.6 Å². The van der Waals surface area contributed by atoms with Gasteiger partial charge < -0.3 is 14.1 Å². The molecule has 0 amide bonds. The lowest BCUT2D eigenvalue weighted by Crippen LogP contribution is -2.24. The van der Waals surface area contributed by atoms with Crippen molar-refractivity contribution in [3.63, 3.8) is 0 Å². The SMILES string of the molecule is C#CC(C)(C)c1ncc[nH]1.C#CC(C)(C)c1nccn1C.Cn1ccnc1C(C)(C)C#Cc1ccc(-c2ccc(Cl)c3c(CS(C)(=O)=O)nn(C)c23)c([C@@H](CC(=O)Cn2nc(C(F)F)c3c2C(F)(F)[C@@H]2C[C@H]32)Cc2cc(F)cc(F)c2)n1.[2H]CF. The van der Waals surface area contributed by atoms with Crippen molar-refractivity contribution in [3.05, 3.63) is 153 Å². The highest BCUT2D eigenvalue weighted by molar-refractivity contribution is 7.89. The second-order valence-corrected chi connectivity index (χ2v) is 24.8. The molecule has 1 fully saturated rings. The van der Waals surface area contributed by atoms with E-state index in [1.54, 1.807) is 62.3 Å². The number of hydrogen-bond donors (Lipinski definition) is 1. The minimum absolute atomic E-state index is 0.0442. The number of imidazole rings is 3. The number of H-pyrrole nitrogens is 1. The Balaban J connectivity index is 0.000000357. The highest BCUT2D eigenvalue weighted by Crippen LogP contribution is 2.68. The molecule has 2 aromatic carbocycles. The van der Waals surface area contributed by atoms with Crippen LogP contribution in [0.2, 0.25) is 5.02 Å². The molecule has 23 heteroatoms. The fourth-order valence-corrected chi connectivity index (χ4v) is 11.4. The Morgan fingerprint density at radius 1 is 0.881 bits per heavy atom. The number of rotatable bonds is 14. The van der Waals surface area contributed by atoms with Crippen molar-refractivity contribution in [2.24, 2.45) is 27.1 Å². The van der Waals surface area contributed by atoms with Crippen LogP contribution in [0.3, 0.4) is 0 Å². The minimum atomic E-state index is -3.57. The third kappa shape index (κ3) is 13.6. The van der Waals surface area contributed by atoms with Crippen LogP contribution >= 0.6 is 11.6 Å². The maximum absolute atomic E-state index is 15.5. The van der Waals surface area contributed by atoms with E-state index in [9.17, 15) is 35.2 Å². The van der Waals surface area contributed by atoms with Crippen LogP contribution in [-0.2, 0) is 76.7 Å². The predicted molar refractivity (Wildman–Crippen MR) is 308 cm³/mol. The van der Waals surface area contributed by atoms with Crippen molar-refractivity contribution in [1.29, 1.82) is 0 Å². The molecule has 8 aromatic rings. The molecule has 1 saturated carbocycles. The van der Waals surface area contributed by atoms with E-state index in [2.05, 4.69) is 53.8 Å². The summed E-state index contributed by atoms with van der Waals surface area (Å²) in [6.45, 7) is 10.8. The molecule has 0 bridgehead atoms. The molecular weight excluding hydrogens is 1140 g/mol. The van der Waals surface area contributed by atoms with Gasteiger partial charge in [0.25, 0.3) is 12.3 Å². The van der Waals surface area contributed by atoms with Crippen LogP contribution in [0.25, 0.3) is 22.0 Å². The number of sulfone groups is 1. The maximum Gasteiger partial charge on any atom is 0.293 e. The van der Waals surface area contributed by atoms with E-state index in [1.165, 1.54) is 4.68 Å². The third-order valence-electron chi connectivity index (χ3n) is 14.5. The summed E-state index contributed by atoms with van der Waals surface area (Å²) in [5, 5.41) is 8.87. The molecule has 0 spiro atoms. The third-order valence-corrected chi connectivity index (χ3v) is 15.6. The molecule has 1 N–H and O–H groups in total. The first-order valence-corrected chi connectivity index (χ1v) is 28.6. The summed E-state index contributed by atoms with van der Waals surface area (Å²) in [4.78, 5) is 34.8. The standard InChI is InChI=1S/C43H38ClF6N7O3S.C9H12N2.C8H10N2.CH3F/c1-42(2,41-51-12-13-55(41)3)11-10-26-6-7-28(29-8-9-32(44)35-33(21-61(5,59)60)53-56(4)38(29)35)36(52-26)23(14-22-15-24(45)18-25(46)16-22)17-27(58)20-57-39-34(37(54-57)40(47)48)30-19-31(30)43(39,49)50;1-5-9(2,3)8-10-6-7-11(8)4;1-4-8(2,3)7-9-5-6-10-7;1-2/h6-9,12-13,15-16,18,23,30-31,40H,14,17,19-21H2,1-5H3;1,6-7H,2-4H3;1,5-6H,2-3H3,(H,9,10);1H3/t23-,30+,31-;;;/m1.../s1/i;;;1D. The van der Waals surface area contributed by atoms with Gasteiger partial charge in [-0.3, -0.25) is 18.5 Å². The van der Waals surface area contributed by atoms with E-state index in [0.29, 0.717) is 38.6 Å². The summed E-state index contributed by atoms with van der Waals surface area (Å²) < 4.78 is 135. The number of benzene rings is 2. The number of terminal acetylenes is 2. The van der Waals surface area contributed by atoms with E-state index >= 15 is 8.78 Å². The summed E-state index contributed by atoms with van der Waals surface area (Å²) >= 11 is 6.69. The first kappa shape index (κ1) is 62.1. The number of Topliss-reactive ketones (excluding diaryl/α,β-unsaturated/α-hetero) is 1. The highest BCUT2D eigenvalue weighted by Gasteiger charge is 2.67. The molecule has 2 aliphatic rings. The van der Waals surface area contributed by atoms with Gasteiger partial charge in [0, 0.05) is 111 Å². The lowest BCUT2D eigenvalue weighted by molar-refractivity contribution is -0.120. The van der Waals surface area contributed by atoms with Gasteiger partial charge in [-0.15, -0.1) is 12.8 Å². The first-order chi connectivity index (χ1) is 39.8. The Hall–Kier alpha value is -8.00. The molecule has 442 valence electrons. The van der Waals surface area contributed by atoms with E-state index in [1.807, 2.05) is 71.0 Å². The van der Waals surface area contributed by atoms with E-state index in [-0.39, 0.29) is 56.9 Å². The number of aromatic nitrogens is 11. The number of halogens is 8. The number of nitrogens with one attached hydrogen (secondary N) is 1. The fourth-order valence-electron chi connectivity index (χ4n) is 10.4. The molecular formula is C61H63ClF7N11O3S. The Morgan fingerprint density at radius 3 is 2.04 bits per heavy atom. The average molecular weight is 1200 g/mol. The number of nitrogens with zero attached hydrogens (tertiary/aromatic N) is 10. The molecule has 3 atom stereocenters. The topological polar surface area (TPSA) is 164 Å². The number of ketones is 1. The van der Waals surface area contributed by atoms with Crippen molar-refractivity contribution < 1.29 is 45.3 Å².